The maximum Gasteiger partial charge on any atom is 0.253 e. The second-order valence-electron chi connectivity index (χ2n) is 6.91. The van der Waals surface area contributed by atoms with E-state index in [0.717, 1.165) is 17.1 Å². The molecule has 2 aromatic rings. The molecule has 0 radical (unpaired) electrons. The van der Waals surface area contributed by atoms with Crippen molar-refractivity contribution in [3.8, 4) is 0 Å². The van der Waals surface area contributed by atoms with Crippen LogP contribution in [-0.2, 0) is 10.0 Å². The smallest absolute Gasteiger partial charge is 0.253 e. The number of hydrogen-bond donors (Lipinski definition) is 0. The molecule has 5 nitrogen and oxygen atoms in total. The second kappa shape index (κ2) is 8.12. The molecule has 0 N–H and O–H groups in total. The van der Waals surface area contributed by atoms with Crippen LogP contribution in [0.1, 0.15) is 34.7 Å². The first kappa shape index (κ1) is 20.0. The fourth-order valence-corrected chi connectivity index (χ4v) is 5.20. The van der Waals surface area contributed by atoms with Crippen molar-refractivity contribution in [1.82, 2.24) is 9.21 Å². The SMILES string of the molecule is CN(C)S(=O)(=O)c1cc(C(=O)N2CCC(c3ccccc3)CC2)ccc1Br. The Kier molecular flexibility index (Phi) is 6.03. The lowest BCUT2D eigenvalue weighted by Crippen LogP contribution is -2.38. The summed E-state index contributed by atoms with van der Waals surface area (Å²) in [6, 6.07) is 15.1. The Labute approximate surface area is 169 Å². The summed E-state index contributed by atoms with van der Waals surface area (Å²) in [7, 11) is -0.670. The molecule has 0 aromatic heterocycles. The predicted octanol–water partition coefficient (Wildman–Crippen LogP) is 3.72. The number of carbonyl (C=O) groups excluding carboxylic acids is 1. The van der Waals surface area contributed by atoms with Gasteiger partial charge in [-0.2, -0.15) is 0 Å². The first-order chi connectivity index (χ1) is 12.8. The Balaban J connectivity index is 1.76. The third kappa shape index (κ3) is 4.25. The van der Waals surface area contributed by atoms with Crippen LogP contribution in [0.25, 0.3) is 0 Å². The van der Waals surface area contributed by atoms with E-state index in [-0.39, 0.29) is 10.8 Å². The van der Waals surface area contributed by atoms with Crippen LogP contribution >= 0.6 is 15.9 Å². The first-order valence-electron chi connectivity index (χ1n) is 8.87. The molecule has 7 heteroatoms. The van der Waals surface area contributed by atoms with Crippen molar-refractivity contribution in [2.75, 3.05) is 27.2 Å². The van der Waals surface area contributed by atoms with E-state index in [0.29, 0.717) is 29.0 Å². The molecule has 1 saturated heterocycles. The van der Waals surface area contributed by atoms with Gasteiger partial charge in [0.05, 0.1) is 4.90 Å². The number of amides is 1. The van der Waals surface area contributed by atoms with E-state index in [1.54, 1.807) is 12.1 Å². The van der Waals surface area contributed by atoms with Gasteiger partial charge in [0.2, 0.25) is 10.0 Å². The van der Waals surface area contributed by atoms with Crippen LogP contribution in [0.2, 0.25) is 0 Å². The van der Waals surface area contributed by atoms with Crippen molar-refractivity contribution in [2.45, 2.75) is 23.7 Å². The lowest BCUT2D eigenvalue weighted by Gasteiger charge is -2.32. The summed E-state index contributed by atoms with van der Waals surface area (Å²) in [4.78, 5) is 14.8. The van der Waals surface area contributed by atoms with Crippen LogP contribution < -0.4 is 0 Å². The minimum Gasteiger partial charge on any atom is -0.339 e. The number of halogens is 1. The van der Waals surface area contributed by atoms with Crippen molar-refractivity contribution in [3.05, 3.63) is 64.1 Å². The quantitative estimate of drug-likeness (QED) is 0.712. The third-order valence-corrected chi connectivity index (χ3v) is 7.80. The highest BCUT2D eigenvalue weighted by Gasteiger charge is 2.27. The minimum absolute atomic E-state index is 0.109. The van der Waals surface area contributed by atoms with Crippen LogP contribution in [0.4, 0.5) is 0 Å². The Morgan fingerprint density at radius 3 is 2.30 bits per heavy atom. The fraction of sp³-hybridized carbons (Fsp3) is 0.350. The zero-order valence-electron chi connectivity index (χ0n) is 15.4. The van der Waals surface area contributed by atoms with Crippen LogP contribution in [0, 0.1) is 0 Å². The van der Waals surface area contributed by atoms with Crippen LogP contribution in [0.15, 0.2) is 57.9 Å². The van der Waals surface area contributed by atoms with Gasteiger partial charge in [0.1, 0.15) is 0 Å². The molecule has 1 aliphatic rings. The Morgan fingerprint density at radius 2 is 1.70 bits per heavy atom. The highest BCUT2D eigenvalue weighted by molar-refractivity contribution is 9.10. The number of nitrogens with zero attached hydrogens (tertiary/aromatic N) is 2. The number of piperidine rings is 1. The lowest BCUT2D eigenvalue weighted by molar-refractivity contribution is 0.0712. The maximum absolute atomic E-state index is 12.9. The summed E-state index contributed by atoms with van der Waals surface area (Å²) in [6.45, 7) is 1.34. The number of rotatable bonds is 4. The van der Waals surface area contributed by atoms with Crippen LogP contribution in [0.3, 0.4) is 0 Å². The van der Waals surface area contributed by atoms with Gasteiger partial charge in [-0.25, -0.2) is 12.7 Å². The molecule has 3 rings (SSSR count). The zero-order chi connectivity index (χ0) is 19.6. The zero-order valence-corrected chi connectivity index (χ0v) is 17.8. The molecule has 0 unspecified atom stereocenters. The molecular formula is C20H23BrN2O3S. The van der Waals surface area contributed by atoms with E-state index in [1.165, 1.54) is 25.7 Å². The molecule has 1 heterocycles. The monoisotopic (exact) mass is 450 g/mol. The van der Waals surface area contributed by atoms with Gasteiger partial charge in [-0.1, -0.05) is 30.3 Å². The van der Waals surface area contributed by atoms with E-state index in [9.17, 15) is 13.2 Å². The topological polar surface area (TPSA) is 57.7 Å². The van der Waals surface area contributed by atoms with Crippen LogP contribution in [-0.4, -0.2) is 50.7 Å². The van der Waals surface area contributed by atoms with Crippen molar-refractivity contribution in [1.29, 1.82) is 0 Å². The molecular weight excluding hydrogens is 428 g/mol. The van der Waals surface area contributed by atoms with Crippen molar-refractivity contribution in [3.63, 3.8) is 0 Å². The molecule has 1 amide bonds. The first-order valence-corrected chi connectivity index (χ1v) is 11.1. The summed E-state index contributed by atoms with van der Waals surface area (Å²) in [5.41, 5.74) is 1.71. The normalized spacial score (nSPS) is 15.9. The number of likely N-dealkylation sites (tertiary alicyclic amines) is 1. The van der Waals surface area contributed by atoms with Gasteiger partial charge in [-0.3, -0.25) is 4.79 Å². The summed E-state index contributed by atoms with van der Waals surface area (Å²) in [6.07, 6.45) is 1.82. The van der Waals surface area contributed by atoms with E-state index < -0.39 is 10.0 Å². The lowest BCUT2D eigenvalue weighted by atomic mass is 9.89. The van der Waals surface area contributed by atoms with Gasteiger partial charge in [0.15, 0.2) is 0 Å². The molecule has 0 saturated carbocycles. The number of sulfonamides is 1. The average molecular weight is 451 g/mol. The van der Waals surface area contributed by atoms with Gasteiger partial charge in [-0.15, -0.1) is 0 Å². The molecule has 0 atom stereocenters. The summed E-state index contributed by atoms with van der Waals surface area (Å²) in [5.74, 6) is 0.342. The highest BCUT2D eigenvalue weighted by Crippen LogP contribution is 2.30. The molecule has 0 bridgehead atoms. The molecule has 0 aliphatic carbocycles. The standard InChI is InChI=1S/C20H23BrN2O3S/c1-22(2)27(25,26)19-14-17(8-9-18(19)21)20(24)23-12-10-16(11-13-23)15-6-4-3-5-7-15/h3-9,14,16H,10-13H2,1-2H3. The molecule has 0 spiro atoms. The summed E-state index contributed by atoms with van der Waals surface area (Å²) in [5, 5.41) is 0. The Bertz CT molecular complexity index is 921. The largest absolute Gasteiger partial charge is 0.339 e. The minimum atomic E-state index is -3.62. The van der Waals surface area contributed by atoms with Gasteiger partial charge in [0, 0.05) is 37.2 Å². The molecule has 2 aromatic carbocycles. The van der Waals surface area contributed by atoms with Crippen molar-refractivity contribution in [2.24, 2.45) is 0 Å². The third-order valence-electron chi connectivity index (χ3n) is 4.99. The Morgan fingerprint density at radius 1 is 1.07 bits per heavy atom. The van der Waals surface area contributed by atoms with Gasteiger partial charge >= 0.3 is 0 Å². The summed E-state index contributed by atoms with van der Waals surface area (Å²) >= 11 is 3.28. The molecule has 144 valence electrons. The molecule has 1 aliphatic heterocycles. The van der Waals surface area contributed by atoms with E-state index in [1.807, 2.05) is 23.1 Å². The molecule has 27 heavy (non-hydrogen) atoms. The van der Waals surface area contributed by atoms with Crippen LogP contribution in [0.5, 0.6) is 0 Å². The van der Waals surface area contributed by atoms with Crippen molar-refractivity contribution >= 4 is 31.9 Å². The predicted molar refractivity (Wildman–Crippen MR) is 109 cm³/mol. The Hall–Kier alpha value is -1.70. The van der Waals surface area contributed by atoms with Gasteiger partial charge < -0.3 is 4.90 Å². The number of carbonyl (C=O) groups is 1. The summed E-state index contributed by atoms with van der Waals surface area (Å²) < 4.78 is 26.5. The highest BCUT2D eigenvalue weighted by atomic mass is 79.9. The maximum atomic E-state index is 12.9. The number of hydrogen-bond acceptors (Lipinski definition) is 3. The second-order valence-corrected chi connectivity index (χ2v) is 9.88. The van der Waals surface area contributed by atoms with E-state index in [2.05, 4.69) is 28.1 Å². The fourth-order valence-electron chi connectivity index (χ4n) is 3.35. The average Bonchev–Trinajstić information content (AvgIpc) is 2.68. The van der Waals surface area contributed by atoms with Crippen molar-refractivity contribution < 1.29 is 13.2 Å². The van der Waals surface area contributed by atoms with Gasteiger partial charge in [-0.05, 0) is 58.5 Å². The van der Waals surface area contributed by atoms with E-state index >= 15 is 0 Å². The van der Waals surface area contributed by atoms with Gasteiger partial charge in [0.25, 0.3) is 5.91 Å². The van der Waals surface area contributed by atoms with E-state index in [4.69, 9.17) is 0 Å². The number of benzene rings is 2. The molecule has 1 fully saturated rings.